The Bertz CT molecular complexity index is 804. The van der Waals surface area contributed by atoms with E-state index in [-0.39, 0.29) is 10.8 Å². The van der Waals surface area contributed by atoms with Gasteiger partial charge in [-0.25, -0.2) is 0 Å². The summed E-state index contributed by atoms with van der Waals surface area (Å²) in [5.41, 5.74) is 5.85. The summed E-state index contributed by atoms with van der Waals surface area (Å²) in [4.78, 5) is 0. The Labute approximate surface area is 189 Å². The highest BCUT2D eigenvalue weighted by Crippen LogP contribution is 2.40. The van der Waals surface area contributed by atoms with Crippen LogP contribution in [0.15, 0.2) is 36.4 Å². The van der Waals surface area contributed by atoms with E-state index in [1.54, 1.807) is 0 Å². The summed E-state index contributed by atoms with van der Waals surface area (Å²) < 4.78 is 6.46. The lowest BCUT2D eigenvalue weighted by Gasteiger charge is -2.31. The quantitative estimate of drug-likeness (QED) is 0.468. The van der Waals surface area contributed by atoms with E-state index in [1.807, 2.05) is 0 Å². The molecule has 0 aliphatic heterocycles. The predicted molar refractivity (Wildman–Crippen MR) is 134 cm³/mol. The molecule has 0 amide bonds. The van der Waals surface area contributed by atoms with Crippen molar-refractivity contribution in [1.29, 1.82) is 0 Å². The summed E-state index contributed by atoms with van der Waals surface area (Å²) >= 11 is 6.81. The number of nitrogens with one attached hydrogen (secondary N) is 1. The molecular weight excluding hydrogens is 389 g/mol. The molecular formula is C26H39BClNO. The molecule has 0 radical (unpaired) electrons. The van der Waals surface area contributed by atoms with Crippen molar-refractivity contribution in [3.05, 3.63) is 58.7 Å². The zero-order valence-corrected chi connectivity index (χ0v) is 21.2. The molecule has 0 spiro atoms. The van der Waals surface area contributed by atoms with Gasteiger partial charge in [0, 0.05) is 5.69 Å². The number of rotatable bonds is 6. The highest BCUT2D eigenvalue weighted by molar-refractivity contribution is 7.05. The van der Waals surface area contributed by atoms with Crippen LogP contribution in [0.3, 0.4) is 0 Å². The van der Waals surface area contributed by atoms with Crippen molar-refractivity contribution < 1.29 is 4.65 Å². The molecule has 0 aliphatic rings. The second-order valence-electron chi connectivity index (χ2n) is 10.9. The maximum Gasteiger partial charge on any atom is 0.594 e. The molecule has 0 aromatic heterocycles. The summed E-state index contributed by atoms with van der Waals surface area (Å²) in [6.45, 7) is 21.4. The highest BCUT2D eigenvalue weighted by atomic mass is 35.5. The van der Waals surface area contributed by atoms with Crippen molar-refractivity contribution in [2.45, 2.75) is 91.9 Å². The zero-order chi connectivity index (χ0) is 22.9. The Morgan fingerprint density at radius 2 is 1.17 bits per heavy atom. The molecule has 0 saturated heterocycles. The number of hydrogen-bond donors (Lipinski definition) is 1. The first-order valence-corrected chi connectivity index (χ1v) is 11.5. The summed E-state index contributed by atoms with van der Waals surface area (Å²) in [5.74, 6) is 1.67. The second-order valence-corrected chi connectivity index (χ2v) is 11.3. The van der Waals surface area contributed by atoms with Crippen molar-refractivity contribution in [1.82, 2.24) is 0 Å². The van der Waals surface area contributed by atoms with Crippen molar-refractivity contribution in [2.24, 2.45) is 0 Å². The molecule has 1 N–H and O–H groups in total. The van der Waals surface area contributed by atoms with Crippen molar-refractivity contribution >= 4 is 23.6 Å². The van der Waals surface area contributed by atoms with Gasteiger partial charge in [-0.3, -0.25) is 0 Å². The molecule has 0 bridgehead atoms. The van der Waals surface area contributed by atoms with E-state index >= 15 is 0 Å². The molecule has 0 saturated carbocycles. The minimum atomic E-state index is -0.674. The van der Waals surface area contributed by atoms with Gasteiger partial charge in [0.05, 0.1) is 0 Å². The Kier molecular flexibility index (Phi) is 7.61. The van der Waals surface area contributed by atoms with Gasteiger partial charge in [0.2, 0.25) is 0 Å². The molecule has 0 fully saturated rings. The first kappa shape index (κ1) is 24.7. The number of halogens is 1. The molecule has 164 valence electrons. The van der Waals surface area contributed by atoms with Crippen LogP contribution in [0.4, 0.5) is 5.69 Å². The average Bonchev–Trinajstić information content (AvgIpc) is 2.59. The monoisotopic (exact) mass is 427 g/mol. The van der Waals surface area contributed by atoms with E-state index in [4.69, 9.17) is 16.1 Å². The molecule has 0 heterocycles. The van der Waals surface area contributed by atoms with E-state index < -0.39 is 6.47 Å². The molecule has 0 atom stereocenters. The van der Waals surface area contributed by atoms with Crippen LogP contribution in [0.25, 0.3) is 0 Å². The SMILES string of the molecule is CC(C)c1cccc(C(C)C)c1NB(Cl)Oc1c(C(C)(C)C)cccc1C(C)(C)C. The largest absolute Gasteiger partial charge is 0.594 e. The predicted octanol–water partition coefficient (Wildman–Crippen LogP) is 8.24. The number of para-hydroxylation sites is 2. The van der Waals surface area contributed by atoms with Crippen molar-refractivity contribution in [2.75, 3.05) is 5.23 Å². The fourth-order valence-electron chi connectivity index (χ4n) is 3.81. The van der Waals surface area contributed by atoms with Crippen LogP contribution in [0, 0.1) is 0 Å². The Balaban J connectivity index is 2.49. The van der Waals surface area contributed by atoms with E-state index in [0.29, 0.717) is 11.8 Å². The fraction of sp³-hybridized carbons (Fsp3) is 0.538. The third kappa shape index (κ3) is 5.75. The van der Waals surface area contributed by atoms with Crippen LogP contribution >= 0.6 is 11.5 Å². The molecule has 0 unspecified atom stereocenters. The first-order valence-electron chi connectivity index (χ1n) is 11.1. The molecule has 2 aromatic rings. The van der Waals surface area contributed by atoms with Crippen LogP contribution in [0.2, 0.25) is 0 Å². The third-order valence-electron chi connectivity index (χ3n) is 5.48. The van der Waals surface area contributed by atoms with Gasteiger partial charge < -0.3 is 9.88 Å². The van der Waals surface area contributed by atoms with Gasteiger partial charge in [-0.15, -0.1) is 11.5 Å². The standard InChI is InChI=1S/C26H39BClNO/c1-17(2)19-13-11-14-20(18(3)4)23(19)29-27(28)30-24-21(25(5,6)7)15-12-16-22(24)26(8,9)10/h11-18,29H,1-10H3. The van der Waals surface area contributed by atoms with E-state index in [1.165, 1.54) is 22.3 Å². The fourth-order valence-corrected chi connectivity index (χ4v) is 4.01. The Morgan fingerprint density at radius 3 is 1.53 bits per heavy atom. The van der Waals surface area contributed by atoms with Gasteiger partial charge in [0.25, 0.3) is 0 Å². The maximum atomic E-state index is 6.81. The van der Waals surface area contributed by atoms with Crippen LogP contribution < -0.4 is 9.88 Å². The molecule has 30 heavy (non-hydrogen) atoms. The summed E-state index contributed by atoms with van der Waals surface area (Å²) in [6.07, 6.45) is 0. The van der Waals surface area contributed by atoms with Gasteiger partial charge in [-0.1, -0.05) is 106 Å². The van der Waals surface area contributed by atoms with Crippen molar-refractivity contribution in [3.8, 4) is 5.75 Å². The van der Waals surface area contributed by atoms with Crippen molar-refractivity contribution in [3.63, 3.8) is 0 Å². The van der Waals surface area contributed by atoms with E-state index in [9.17, 15) is 0 Å². The third-order valence-corrected chi connectivity index (χ3v) is 5.68. The maximum absolute atomic E-state index is 6.81. The highest BCUT2D eigenvalue weighted by Gasteiger charge is 2.30. The first-order chi connectivity index (χ1) is 13.7. The topological polar surface area (TPSA) is 21.3 Å². The molecule has 2 aromatic carbocycles. The second kappa shape index (κ2) is 9.26. The van der Waals surface area contributed by atoms with Gasteiger partial charge in [0.15, 0.2) is 0 Å². The minimum Gasteiger partial charge on any atom is -0.528 e. The van der Waals surface area contributed by atoms with Crippen LogP contribution in [0.1, 0.15) is 103 Å². The lowest BCUT2D eigenvalue weighted by atomic mass is 9.79. The summed E-state index contributed by atoms with van der Waals surface area (Å²) in [5, 5.41) is 3.49. The van der Waals surface area contributed by atoms with Gasteiger partial charge in [-0.05, 0) is 44.9 Å². The number of anilines is 1. The molecule has 4 heteroatoms. The van der Waals surface area contributed by atoms with Gasteiger partial charge >= 0.3 is 6.47 Å². The lowest BCUT2D eigenvalue weighted by Crippen LogP contribution is -2.30. The Morgan fingerprint density at radius 1 is 0.767 bits per heavy atom. The molecule has 2 nitrogen and oxygen atoms in total. The number of hydrogen-bond acceptors (Lipinski definition) is 2. The number of benzene rings is 2. The minimum absolute atomic E-state index is 0.0495. The Hall–Kier alpha value is -1.61. The van der Waals surface area contributed by atoms with Crippen LogP contribution in [0.5, 0.6) is 5.75 Å². The van der Waals surface area contributed by atoms with E-state index in [0.717, 1.165) is 11.4 Å². The zero-order valence-electron chi connectivity index (χ0n) is 20.5. The normalized spacial score (nSPS) is 12.4. The van der Waals surface area contributed by atoms with E-state index in [2.05, 4.69) is 111 Å². The van der Waals surface area contributed by atoms with Gasteiger partial charge in [0.1, 0.15) is 5.75 Å². The summed E-state index contributed by atoms with van der Waals surface area (Å²) in [6, 6.07) is 12.9. The van der Waals surface area contributed by atoms with Crippen LogP contribution in [-0.4, -0.2) is 6.47 Å². The molecule has 0 aliphatic carbocycles. The summed E-state index contributed by atoms with van der Waals surface area (Å²) in [7, 11) is 0. The average molecular weight is 428 g/mol. The van der Waals surface area contributed by atoms with Gasteiger partial charge in [-0.2, -0.15) is 0 Å². The van der Waals surface area contributed by atoms with Crippen LogP contribution in [-0.2, 0) is 10.8 Å². The lowest BCUT2D eigenvalue weighted by molar-refractivity contribution is 0.492. The molecule has 2 rings (SSSR count). The smallest absolute Gasteiger partial charge is 0.528 e.